The zero-order valence-electron chi connectivity index (χ0n) is 9.30. The van der Waals surface area contributed by atoms with Crippen molar-refractivity contribution < 1.29 is 24.2 Å². The minimum absolute atomic E-state index is 0.0271. The highest BCUT2D eigenvalue weighted by Crippen LogP contribution is 2.16. The molecule has 7 nitrogen and oxygen atoms in total. The quantitative estimate of drug-likeness (QED) is 0.444. The number of nitrogens with one attached hydrogen (secondary N) is 2. The second-order valence-electron chi connectivity index (χ2n) is 3.67. The summed E-state index contributed by atoms with van der Waals surface area (Å²) in [5.74, 6) is -2.24. The van der Waals surface area contributed by atoms with Crippen LogP contribution in [0.15, 0.2) is 12.7 Å². The molecule has 0 aliphatic carbocycles. The van der Waals surface area contributed by atoms with Crippen molar-refractivity contribution in [1.29, 1.82) is 0 Å². The Kier molecular flexibility index (Phi) is 4.08. The molecule has 0 aromatic rings. The maximum absolute atomic E-state index is 11.2. The lowest BCUT2D eigenvalue weighted by atomic mass is 9.88. The van der Waals surface area contributed by atoms with Crippen molar-refractivity contribution in [3.63, 3.8) is 0 Å². The van der Waals surface area contributed by atoms with E-state index in [0.29, 0.717) is 0 Å². The summed E-state index contributed by atoms with van der Waals surface area (Å²) in [6.45, 7) is 4.85. The van der Waals surface area contributed by atoms with E-state index in [-0.39, 0.29) is 6.61 Å². The molecule has 0 unspecified atom stereocenters. The predicted octanol–water partition coefficient (Wildman–Crippen LogP) is -0.514. The van der Waals surface area contributed by atoms with Gasteiger partial charge in [-0.3, -0.25) is 9.59 Å². The molecule has 7 heteroatoms. The van der Waals surface area contributed by atoms with E-state index in [1.54, 1.807) is 0 Å². The van der Waals surface area contributed by atoms with Crippen LogP contribution >= 0.6 is 0 Å². The van der Waals surface area contributed by atoms with Gasteiger partial charge in [0.15, 0.2) is 0 Å². The highest BCUT2D eigenvalue weighted by molar-refractivity contribution is 5.93. The number of carboxylic acid groups (broad SMARTS) is 1. The van der Waals surface area contributed by atoms with E-state index in [0.717, 1.165) is 0 Å². The molecule has 1 aliphatic rings. The number of amides is 2. The Bertz CT molecular complexity index is 355. The molecule has 0 radical (unpaired) electrons. The van der Waals surface area contributed by atoms with Gasteiger partial charge in [-0.15, -0.1) is 0 Å². The Morgan fingerprint density at radius 1 is 1.71 bits per heavy atom. The van der Waals surface area contributed by atoms with Gasteiger partial charge < -0.3 is 20.5 Å². The fourth-order valence-electron chi connectivity index (χ4n) is 1.43. The molecule has 1 saturated heterocycles. The van der Waals surface area contributed by atoms with Gasteiger partial charge in [-0.1, -0.05) is 12.7 Å². The van der Waals surface area contributed by atoms with Gasteiger partial charge >= 0.3 is 12.1 Å². The van der Waals surface area contributed by atoms with Crippen molar-refractivity contribution in [2.75, 3.05) is 6.61 Å². The summed E-state index contributed by atoms with van der Waals surface area (Å²) in [6.07, 6.45) is 0.616. The van der Waals surface area contributed by atoms with Crippen molar-refractivity contribution in [1.82, 2.24) is 10.6 Å². The molecule has 2 amide bonds. The summed E-state index contributed by atoms with van der Waals surface area (Å²) in [4.78, 5) is 33.1. The van der Waals surface area contributed by atoms with E-state index in [9.17, 15) is 14.4 Å². The minimum Gasteiger partial charge on any atom is -0.481 e. The van der Waals surface area contributed by atoms with Crippen molar-refractivity contribution >= 4 is 18.0 Å². The highest BCUT2D eigenvalue weighted by atomic mass is 16.5. The molecule has 17 heavy (non-hydrogen) atoms. The number of rotatable bonds is 5. The number of hydrogen-bond donors (Lipinski definition) is 3. The second kappa shape index (κ2) is 5.33. The summed E-state index contributed by atoms with van der Waals surface area (Å²) < 4.78 is 4.64. The second-order valence-corrected chi connectivity index (χ2v) is 3.67. The first-order valence-electron chi connectivity index (χ1n) is 5.04. The van der Waals surface area contributed by atoms with Crippen LogP contribution in [0.5, 0.6) is 0 Å². The van der Waals surface area contributed by atoms with Gasteiger partial charge in [0.05, 0.1) is 12.0 Å². The van der Waals surface area contributed by atoms with E-state index >= 15 is 0 Å². The number of aliphatic carboxylic acids is 1. The van der Waals surface area contributed by atoms with E-state index in [2.05, 4.69) is 21.9 Å². The standard InChI is InChI=1S/C10H14N2O5/c1-3-4-17-10(16)12-7-6(11-8(7)13)5(2)9(14)15/h3,5-7H,1,4H2,2H3,(H,11,13)(H,12,16)(H,14,15)/t5-,6-,7-/m1/s1. The van der Waals surface area contributed by atoms with Crippen molar-refractivity contribution in [2.45, 2.75) is 19.0 Å². The Balaban J connectivity index is 2.51. The molecule has 1 fully saturated rings. The van der Waals surface area contributed by atoms with Gasteiger partial charge in [-0.25, -0.2) is 4.79 Å². The third-order valence-electron chi connectivity index (χ3n) is 2.48. The monoisotopic (exact) mass is 242 g/mol. The van der Waals surface area contributed by atoms with E-state index in [1.807, 2.05) is 0 Å². The first-order chi connectivity index (χ1) is 7.97. The number of β-lactam (4-membered cyclic amide) rings is 1. The predicted molar refractivity (Wildman–Crippen MR) is 57.2 cm³/mol. The van der Waals surface area contributed by atoms with Crippen LogP contribution in [0.25, 0.3) is 0 Å². The van der Waals surface area contributed by atoms with Crippen molar-refractivity contribution in [3.05, 3.63) is 12.7 Å². The third-order valence-corrected chi connectivity index (χ3v) is 2.48. The van der Waals surface area contributed by atoms with Gasteiger partial charge in [0, 0.05) is 0 Å². The summed E-state index contributed by atoms with van der Waals surface area (Å²) in [6, 6.07) is -1.48. The lowest BCUT2D eigenvalue weighted by Crippen LogP contribution is -2.71. The number of ether oxygens (including phenoxy) is 1. The number of carbonyl (C=O) groups excluding carboxylic acids is 2. The van der Waals surface area contributed by atoms with Crippen LogP contribution in [-0.4, -0.2) is 41.8 Å². The minimum atomic E-state index is -1.04. The molecule has 1 rings (SSSR count). The molecule has 1 aliphatic heterocycles. The Hall–Kier alpha value is -2.05. The van der Waals surface area contributed by atoms with Gasteiger partial charge in [0.25, 0.3) is 0 Å². The molecule has 0 aromatic carbocycles. The number of hydrogen-bond acceptors (Lipinski definition) is 4. The maximum atomic E-state index is 11.2. The lowest BCUT2D eigenvalue weighted by Gasteiger charge is -2.38. The zero-order chi connectivity index (χ0) is 13.0. The molecule has 3 N–H and O–H groups in total. The molecule has 94 valence electrons. The molecule has 0 bridgehead atoms. The Morgan fingerprint density at radius 3 is 2.82 bits per heavy atom. The normalized spacial score (nSPS) is 23.9. The van der Waals surface area contributed by atoms with E-state index in [1.165, 1.54) is 13.0 Å². The van der Waals surface area contributed by atoms with Crippen LogP contribution in [0.3, 0.4) is 0 Å². The summed E-state index contributed by atoms with van der Waals surface area (Å²) in [5.41, 5.74) is 0. The number of carbonyl (C=O) groups is 3. The fraction of sp³-hybridized carbons (Fsp3) is 0.500. The van der Waals surface area contributed by atoms with Crippen LogP contribution in [0.1, 0.15) is 6.92 Å². The van der Waals surface area contributed by atoms with Crippen LogP contribution in [0, 0.1) is 5.92 Å². The largest absolute Gasteiger partial charge is 0.481 e. The molecular formula is C10H14N2O5. The SMILES string of the molecule is C=CCOC(=O)N[C@H]1C(=O)N[C@@H]1[C@@H](C)C(=O)O. The van der Waals surface area contributed by atoms with E-state index in [4.69, 9.17) is 5.11 Å². The molecule has 1 heterocycles. The van der Waals surface area contributed by atoms with Crippen LogP contribution < -0.4 is 10.6 Å². The Morgan fingerprint density at radius 2 is 2.35 bits per heavy atom. The first-order valence-corrected chi connectivity index (χ1v) is 5.04. The van der Waals surface area contributed by atoms with Crippen molar-refractivity contribution in [2.24, 2.45) is 5.92 Å². The van der Waals surface area contributed by atoms with Gasteiger partial charge in [0.1, 0.15) is 12.6 Å². The van der Waals surface area contributed by atoms with Gasteiger partial charge in [-0.2, -0.15) is 0 Å². The summed E-state index contributed by atoms with van der Waals surface area (Å²) in [7, 11) is 0. The van der Waals surface area contributed by atoms with E-state index < -0.39 is 36.0 Å². The highest BCUT2D eigenvalue weighted by Gasteiger charge is 2.45. The molecular weight excluding hydrogens is 228 g/mol. The average molecular weight is 242 g/mol. The maximum Gasteiger partial charge on any atom is 0.408 e. The van der Waals surface area contributed by atoms with Gasteiger partial charge in [-0.05, 0) is 6.92 Å². The molecule has 0 aromatic heterocycles. The van der Waals surface area contributed by atoms with Crippen molar-refractivity contribution in [3.8, 4) is 0 Å². The fourth-order valence-corrected chi connectivity index (χ4v) is 1.43. The topological polar surface area (TPSA) is 105 Å². The summed E-state index contributed by atoms with van der Waals surface area (Å²) >= 11 is 0. The summed E-state index contributed by atoms with van der Waals surface area (Å²) in [5, 5.41) is 13.5. The molecule has 3 atom stereocenters. The average Bonchev–Trinajstić information content (AvgIpc) is 2.29. The lowest BCUT2D eigenvalue weighted by molar-refractivity contribution is -0.146. The van der Waals surface area contributed by atoms with Crippen LogP contribution in [0.4, 0.5) is 4.79 Å². The molecule has 0 saturated carbocycles. The molecule has 0 spiro atoms. The zero-order valence-corrected chi connectivity index (χ0v) is 9.30. The number of alkyl carbamates (subject to hydrolysis) is 1. The Labute approximate surface area is 97.8 Å². The van der Waals surface area contributed by atoms with Crippen LogP contribution in [0.2, 0.25) is 0 Å². The number of carboxylic acids is 1. The first kappa shape index (κ1) is 13.0. The van der Waals surface area contributed by atoms with Crippen LogP contribution in [-0.2, 0) is 14.3 Å². The smallest absolute Gasteiger partial charge is 0.408 e. The van der Waals surface area contributed by atoms with Gasteiger partial charge in [0.2, 0.25) is 5.91 Å². The third kappa shape index (κ3) is 2.96.